The molecule has 0 bridgehead atoms. The zero-order valence-corrected chi connectivity index (χ0v) is 24.1. The highest BCUT2D eigenvalue weighted by Crippen LogP contribution is 2.39. The van der Waals surface area contributed by atoms with Crippen molar-refractivity contribution in [1.29, 1.82) is 0 Å². The molecule has 9 heteroatoms. The summed E-state index contributed by atoms with van der Waals surface area (Å²) in [6.07, 6.45) is 3.16. The standard InChI is InChI=1S/C29H41NO7S/c1-7-27(4,30-22(31)14-15-23(30)32)16-17-35-28(5,8-2)18-24(33)37-26-20(3)36-25(19-29(26,6)34)38-21-12-10-9-11-13-21/h9-15,20,25-26,34H,7-8,16-19H2,1-6H3. The SMILES string of the molecule is CCC(C)(CC(=O)OC1C(C)OC(Sc2ccccc2)CC1(C)O)OCCC(C)(CC)N1C(=O)C=CC1=O. The number of carbonyl (C=O) groups is 3. The third kappa shape index (κ3) is 7.25. The van der Waals surface area contributed by atoms with E-state index in [0.29, 0.717) is 25.7 Å². The Hall–Kier alpha value is -2.20. The van der Waals surface area contributed by atoms with Crippen molar-refractivity contribution in [3.05, 3.63) is 42.5 Å². The van der Waals surface area contributed by atoms with Crippen molar-refractivity contribution < 1.29 is 33.7 Å². The fourth-order valence-electron chi connectivity index (χ4n) is 4.92. The molecule has 6 unspecified atom stereocenters. The molecule has 1 aromatic rings. The van der Waals surface area contributed by atoms with Crippen molar-refractivity contribution in [2.24, 2.45) is 0 Å². The maximum Gasteiger partial charge on any atom is 0.309 e. The molecule has 2 aliphatic rings. The predicted octanol–water partition coefficient (Wildman–Crippen LogP) is 4.64. The molecule has 1 saturated heterocycles. The van der Waals surface area contributed by atoms with Crippen LogP contribution in [0.15, 0.2) is 47.4 Å². The number of nitrogens with zero attached hydrogens (tertiary/aromatic N) is 1. The number of hydrogen-bond acceptors (Lipinski definition) is 8. The molecule has 6 atom stereocenters. The maximum absolute atomic E-state index is 13.0. The van der Waals surface area contributed by atoms with E-state index in [1.165, 1.54) is 28.8 Å². The molecule has 210 valence electrons. The average Bonchev–Trinajstić information content (AvgIpc) is 3.20. The van der Waals surface area contributed by atoms with Gasteiger partial charge in [-0.3, -0.25) is 19.3 Å². The lowest BCUT2D eigenvalue weighted by Gasteiger charge is -2.44. The first-order valence-electron chi connectivity index (χ1n) is 13.3. The van der Waals surface area contributed by atoms with Crippen LogP contribution in [0.25, 0.3) is 0 Å². The van der Waals surface area contributed by atoms with Crippen LogP contribution < -0.4 is 0 Å². The summed E-state index contributed by atoms with van der Waals surface area (Å²) in [5, 5.41) is 11.2. The molecule has 0 aliphatic carbocycles. The molecule has 2 aliphatic heterocycles. The number of esters is 1. The first-order chi connectivity index (χ1) is 17.8. The lowest BCUT2D eigenvalue weighted by Crippen LogP contribution is -2.56. The first kappa shape index (κ1) is 30.3. The Morgan fingerprint density at radius 1 is 1.16 bits per heavy atom. The molecule has 1 aromatic carbocycles. The smallest absolute Gasteiger partial charge is 0.309 e. The Morgan fingerprint density at radius 3 is 2.34 bits per heavy atom. The van der Waals surface area contributed by atoms with E-state index in [0.717, 1.165) is 4.90 Å². The van der Waals surface area contributed by atoms with Crippen LogP contribution in [-0.2, 0) is 28.6 Å². The largest absolute Gasteiger partial charge is 0.456 e. The van der Waals surface area contributed by atoms with Crippen LogP contribution >= 0.6 is 11.8 Å². The number of imide groups is 1. The van der Waals surface area contributed by atoms with Crippen molar-refractivity contribution >= 4 is 29.5 Å². The molecular weight excluding hydrogens is 506 g/mol. The number of aliphatic hydroxyl groups is 1. The lowest BCUT2D eigenvalue weighted by atomic mass is 9.89. The van der Waals surface area contributed by atoms with Gasteiger partial charge in [-0.05, 0) is 59.1 Å². The molecule has 38 heavy (non-hydrogen) atoms. The van der Waals surface area contributed by atoms with Gasteiger partial charge in [0.05, 0.1) is 23.7 Å². The van der Waals surface area contributed by atoms with Gasteiger partial charge >= 0.3 is 5.97 Å². The van der Waals surface area contributed by atoms with Gasteiger partial charge in [-0.2, -0.15) is 0 Å². The van der Waals surface area contributed by atoms with Gasteiger partial charge in [0, 0.05) is 30.1 Å². The van der Waals surface area contributed by atoms with Gasteiger partial charge in [-0.1, -0.05) is 43.8 Å². The molecule has 0 saturated carbocycles. The molecule has 1 N–H and O–H groups in total. The molecule has 0 aromatic heterocycles. The van der Waals surface area contributed by atoms with Crippen LogP contribution in [0, 0.1) is 0 Å². The summed E-state index contributed by atoms with van der Waals surface area (Å²) in [6.45, 7) is 11.3. The average molecular weight is 548 g/mol. The molecule has 2 amide bonds. The minimum Gasteiger partial charge on any atom is -0.456 e. The third-order valence-electron chi connectivity index (χ3n) is 7.72. The highest BCUT2D eigenvalue weighted by atomic mass is 32.2. The van der Waals surface area contributed by atoms with E-state index in [4.69, 9.17) is 14.2 Å². The second-order valence-electron chi connectivity index (χ2n) is 10.9. The number of rotatable bonds is 12. The monoisotopic (exact) mass is 547 g/mol. The van der Waals surface area contributed by atoms with E-state index in [2.05, 4.69) is 0 Å². The minimum atomic E-state index is -1.25. The van der Waals surface area contributed by atoms with E-state index in [1.807, 2.05) is 58.0 Å². The van der Waals surface area contributed by atoms with E-state index in [1.54, 1.807) is 13.8 Å². The second kappa shape index (κ2) is 12.3. The quantitative estimate of drug-likeness (QED) is 0.298. The van der Waals surface area contributed by atoms with Crippen molar-refractivity contribution in [2.75, 3.05) is 6.61 Å². The predicted molar refractivity (Wildman–Crippen MR) is 145 cm³/mol. The molecule has 2 heterocycles. The van der Waals surface area contributed by atoms with Crippen molar-refractivity contribution in [3.63, 3.8) is 0 Å². The summed E-state index contributed by atoms with van der Waals surface area (Å²) < 4.78 is 18.1. The Bertz CT molecular complexity index is 1010. The summed E-state index contributed by atoms with van der Waals surface area (Å²) in [6, 6.07) is 9.84. The fourth-order valence-corrected chi connectivity index (χ4v) is 6.19. The Kier molecular flexibility index (Phi) is 9.84. The van der Waals surface area contributed by atoms with E-state index in [-0.39, 0.29) is 30.3 Å². The van der Waals surface area contributed by atoms with Crippen molar-refractivity contribution in [2.45, 2.75) is 113 Å². The summed E-state index contributed by atoms with van der Waals surface area (Å²) in [5.41, 5.74) is -3.01. The highest BCUT2D eigenvalue weighted by Gasteiger charge is 2.47. The van der Waals surface area contributed by atoms with Crippen LogP contribution in [0.5, 0.6) is 0 Å². The van der Waals surface area contributed by atoms with Gasteiger partial charge in [0.1, 0.15) is 11.0 Å². The second-order valence-corrected chi connectivity index (χ2v) is 12.2. The molecular formula is C29H41NO7S. The Morgan fingerprint density at radius 2 is 1.79 bits per heavy atom. The Labute approximate surface area is 230 Å². The van der Waals surface area contributed by atoms with E-state index >= 15 is 0 Å². The number of carbonyl (C=O) groups excluding carboxylic acids is 3. The number of amides is 2. The lowest BCUT2D eigenvalue weighted by molar-refractivity contribution is -0.212. The van der Waals surface area contributed by atoms with Gasteiger partial charge < -0.3 is 19.3 Å². The van der Waals surface area contributed by atoms with Crippen LogP contribution in [0.1, 0.15) is 73.6 Å². The minimum absolute atomic E-state index is 0.00301. The van der Waals surface area contributed by atoms with Crippen LogP contribution in [0.3, 0.4) is 0 Å². The van der Waals surface area contributed by atoms with Crippen LogP contribution in [-0.4, -0.2) is 68.8 Å². The summed E-state index contributed by atoms with van der Waals surface area (Å²) >= 11 is 1.54. The van der Waals surface area contributed by atoms with Gasteiger partial charge in [-0.15, -0.1) is 0 Å². The molecule has 0 radical (unpaired) electrons. The van der Waals surface area contributed by atoms with E-state index < -0.39 is 34.9 Å². The molecule has 8 nitrogen and oxygen atoms in total. The third-order valence-corrected chi connectivity index (χ3v) is 8.81. The fraction of sp³-hybridized carbons (Fsp3) is 0.621. The summed E-state index contributed by atoms with van der Waals surface area (Å²) in [4.78, 5) is 39.8. The number of thioether (sulfide) groups is 1. The van der Waals surface area contributed by atoms with Crippen LogP contribution in [0.2, 0.25) is 0 Å². The van der Waals surface area contributed by atoms with Gasteiger partial charge in [-0.25, -0.2) is 0 Å². The number of benzene rings is 1. The van der Waals surface area contributed by atoms with Gasteiger partial charge in [0.15, 0.2) is 6.10 Å². The zero-order chi connectivity index (χ0) is 28.1. The topological polar surface area (TPSA) is 102 Å². The number of hydrogen-bond donors (Lipinski definition) is 1. The van der Waals surface area contributed by atoms with E-state index in [9.17, 15) is 19.5 Å². The zero-order valence-electron chi connectivity index (χ0n) is 23.3. The molecule has 1 fully saturated rings. The number of ether oxygens (including phenoxy) is 3. The summed E-state index contributed by atoms with van der Waals surface area (Å²) in [7, 11) is 0. The van der Waals surface area contributed by atoms with Gasteiger partial charge in [0.25, 0.3) is 11.8 Å². The molecule has 0 spiro atoms. The van der Waals surface area contributed by atoms with Gasteiger partial charge in [0.2, 0.25) is 0 Å². The first-order valence-corrected chi connectivity index (χ1v) is 14.2. The van der Waals surface area contributed by atoms with Crippen molar-refractivity contribution in [3.8, 4) is 0 Å². The highest BCUT2D eigenvalue weighted by molar-refractivity contribution is 7.99. The molecule has 3 rings (SSSR count). The van der Waals surface area contributed by atoms with Crippen molar-refractivity contribution in [1.82, 2.24) is 4.90 Å². The summed E-state index contributed by atoms with van der Waals surface area (Å²) in [5.74, 6) is -1.11. The van der Waals surface area contributed by atoms with Crippen LogP contribution in [0.4, 0.5) is 0 Å². The Balaban J connectivity index is 1.55. The normalized spacial score (nSPS) is 28.7. The maximum atomic E-state index is 13.0.